The van der Waals surface area contributed by atoms with Crippen LogP contribution in [-0.4, -0.2) is 12.8 Å². The summed E-state index contributed by atoms with van der Waals surface area (Å²) in [5.74, 6) is 0. The van der Waals surface area contributed by atoms with E-state index in [0.29, 0.717) is 0 Å². The molecule has 0 spiro atoms. The van der Waals surface area contributed by atoms with E-state index in [1.807, 2.05) is 29.4 Å². The molecule has 0 heterocycles. The number of rotatable bonds is 4. The van der Waals surface area contributed by atoms with Gasteiger partial charge in [0.05, 0.1) is 11.9 Å². The third-order valence-corrected chi connectivity index (χ3v) is 3.47. The summed E-state index contributed by atoms with van der Waals surface area (Å²) in [7, 11) is 0. The number of fused-ring (bicyclic) bond motifs is 1. The second-order valence-electron chi connectivity index (χ2n) is 4.90. The summed E-state index contributed by atoms with van der Waals surface area (Å²) in [5, 5.41) is 9.09. The largest absolute Gasteiger partial charge is 0.266 e. The van der Waals surface area contributed by atoms with Crippen molar-refractivity contribution in [2.75, 3.05) is 11.6 Å². The molecule has 0 saturated heterocycles. The first-order chi connectivity index (χ1) is 10.4. The fourth-order valence-electron chi connectivity index (χ4n) is 2.36. The van der Waals surface area contributed by atoms with Crippen LogP contribution in [0.2, 0.25) is 0 Å². The van der Waals surface area contributed by atoms with Crippen LogP contribution in [0.15, 0.2) is 77.9 Å². The van der Waals surface area contributed by atoms with Crippen molar-refractivity contribution in [1.29, 1.82) is 0 Å². The summed E-state index contributed by atoms with van der Waals surface area (Å²) in [4.78, 5) is 0. The first-order valence-electron chi connectivity index (χ1n) is 7.22. The predicted octanol–water partition coefficient (Wildman–Crippen LogP) is 4.70. The minimum absolute atomic E-state index is 0.841. The Morgan fingerprint density at radius 2 is 1.57 bits per heavy atom. The van der Waals surface area contributed by atoms with E-state index >= 15 is 0 Å². The maximum Gasteiger partial charge on any atom is 0.0593 e. The van der Waals surface area contributed by atoms with E-state index in [1.54, 1.807) is 0 Å². The van der Waals surface area contributed by atoms with Gasteiger partial charge in [0.1, 0.15) is 0 Å². The van der Waals surface area contributed by atoms with E-state index in [1.165, 1.54) is 10.8 Å². The number of hydrazone groups is 1. The number of benzene rings is 3. The van der Waals surface area contributed by atoms with Crippen molar-refractivity contribution in [1.82, 2.24) is 0 Å². The van der Waals surface area contributed by atoms with Crippen molar-refractivity contribution in [2.45, 2.75) is 6.92 Å². The van der Waals surface area contributed by atoms with E-state index in [4.69, 9.17) is 0 Å². The maximum absolute atomic E-state index is 4.60. The van der Waals surface area contributed by atoms with E-state index in [2.05, 4.69) is 66.6 Å². The second-order valence-corrected chi connectivity index (χ2v) is 4.90. The molecule has 0 atom stereocenters. The normalized spacial score (nSPS) is 11.1. The average molecular weight is 274 g/mol. The minimum atomic E-state index is 0.841. The van der Waals surface area contributed by atoms with Gasteiger partial charge in [0.2, 0.25) is 0 Å². The van der Waals surface area contributed by atoms with Gasteiger partial charge in [-0.2, -0.15) is 5.10 Å². The minimum Gasteiger partial charge on any atom is -0.266 e. The molecule has 2 heteroatoms. The average Bonchev–Trinajstić information content (AvgIpc) is 2.56. The van der Waals surface area contributed by atoms with Gasteiger partial charge in [0, 0.05) is 6.54 Å². The van der Waals surface area contributed by atoms with Crippen LogP contribution < -0.4 is 5.01 Å². The highest BCUT2D eigenvalue weighted by molar-refractivity contribution is 5.90. The van der Waals surface area contributed by atoms with Crippen molar-refractivity contribution in [3.8, 4) is 0 Å². The highest BCUT2D eigenvalue weighted by Crippen LogP contribution is 2.16. The molecule has 21 heavy (non-hydrogen) atoms. The van der Waals surface area contributed by atoms with Crippen LogP contribution in [0.3, 0.4) is 0 Å². The Hall–Kier alpha value is -2.61. The van der Waals surface area contributed by atoms with Gasteiger partial charge >= 0.3 is 0 Å². The summed E-state index contributed by atoms with van der Waals surface area (Å²) in [6.45, 7) is 2.94. The molecule has 0 aliphatic carbocycles. The molecule has 0 aliphatic heterocycles. The van der Waals surface area contributed by atoms with Crippen LogP contribution >= 0.6 is 0 Å². The molecule has 2 nitrogen and oxygen atoms in total. The zero-order chi connectivity index (χ0) is 14.5. The molecule has 3 rings (SSSR count). The molecule has 0 amide bonds. The maximum atomic E-state index is 4.60. The number of nitrogens with zero attached hydrogens (tertiary/aromatic N) is 2. The fourth-order valence-corrected chi connectivity index (χ4v) is 2.36. The molecule has 0 bridgehead atoms. The summed E-state index contributed by atoms with van der Waals surface area (Å²) >= 11 is 0. The first-order valence-corrected chi connectivity index (χ1v) is 7.22. The van der Waals surface area contributed by atoms with Crippen molar-refractivity contribution in [3.63, 3.8) is 0 Å². The van der Waals surface area contributed by atoms with Gasteiger partial charge in [0.25, 0.3) is 0 Å². The SMILES string of the molecule is CCN(N=Cc1ccc2ccccc2c1)c1ccccc1. The van der Waals surface area contributed by atoms with Gasteiger partial charge in [0.15, 0.2) is 0 Å². The molecular formula is C19H18N2. The van der Waals surface area contributed by atoms with Crippen molar-refractivity contribution in [2.24, 2.45) is 5.10 Å². The lowest BCUT2D eigenvalue weighted by Gasteiger charge is -2.16. The lowest BCUT2D eigenvalue weighted by molar-refractivity contribution is 0.897. The quantitative estimate of drug-likeness (QED) is 0.497. The number of anilines is 1. The van der Waals surface area contributed by atoms with E-state index in [-0.39, 0.29) is 0 Å². The zero-order valence-electron chi connectivity index (χ0n) is 12.1. The Balaban J connectivity index is 1.86. The molecule has 0 saturated carbocycles. The van der Waals surface area contributed by atoms with Crippen LogP contribution in [0.1, 0.15) is 12.5 Å². The zero-order valence-corrected chi connectivity index (χ0v) is 12.1. The molecule has 0 radical (unpaired) electrons. The lowest BCUT2D eigenvalue weighted by atomic mass is 10.1. The number of hydrogen-bond acceptors (Lipinski definition) is 2. The Bertz CT molecular complexity index is 748. The van der Waals surface area contributed by atoms with Gasteiger partial charge in [-0.1, -0.05) is 54.6 Å². The standard InChI is InChI=1S/C19H18N2/c1-2-21(19-10-4-3-5-11-19)20-15-16-12-13-17-8-6-7-9-18(17)14-16/h3-15H,2H2,1H3. The predicted molar refractivity (Wildman–Crippen MR) is 91.0 cm³/mol. The Morgan fingerprint density at radius 1 is 0.857 bits per heavy atom. The highest BCUT2D eigenvalue weighted by atomic mass is 15.4. The first kappa shape index (κ1) is 13.4. The molecule has 0 fully saturated rings. The third-order valence-electron chi connectivity index (χ3n) is 3.47. The molecule has 0 aliphatic rings. The Morgan fingerprint density at radius 3 is 2.33 bits per heavy atom. The Kier molecular flexibility index (Phi) is 3.97. The third kappa shape index (κ3) is 3.11. The highest BCUT2D eigenvalue weighted by Gasteiger charge is 2.00. The summed E-state index contributed by atoms with van der Waals surface area (Å²) in [5.41, 5.74) is 2.22. The van der Waals surface area contributed by atoms with Crippen molar-refractivity contribution < 1.29 is 0 Å². The van der Waals surface area contributed by atoms with Gasteiger partial charge in [-0.25, -0.2) is 0 Å². The monoisotopic (exact) mass is 274 g/mol. The van der Waals surface area contributed by atoms with Crippen molar-refractivity contribution in [3.05, 3.63) is 78.4 Å². The number of hydrogen-bond donors (Lipinski definition) is 0. The Labute approximate surface area is 125 Å². The smallest absolute Gasteiger partial charge is 0.0593 e. The summed E-state index contributed by atoms with van der Waals surface area (Å²) in [6.07, 6.45) is 1.92. The molecule has 3 aromatic rings. The van der Waals surface area contributed by atoms with Gasteiger partial charge in [-0.05, 0) is 41.5 Å². The molecule has 104 valence electrons. The van der Waals surface area contributed by atoms with Crippen LogP contribution in [0, 0.1) is 0 Å². The molecule has 3 aromatic carbocycles. The molecule has 0 N–H and O–H groups in total. The van der Waals surface area contributed by atoms with Crippen LogP contribution in [0.4, 0.5) is 5.69 Å². The molecular weight excluding hydrogens is 256 g/mol. The summed E-state index contributed by atoms with van der Waals surface area (Å²) in [6, 6.07) is 25.0. The van der Waals surface area contributed by atoms with E-state index in [0.717, 1.165) is 17.8 Å². The lowest BCUT2D eigenvalue weighted by Crippen LogP contribution is -2.15. The number of para-hydroxylation sites is 1. The molecule has 0 unspecified atom stereocenters. The van der Waals surface area contributed by atoms with E-state index < -0.39 is 0 Å². The van der Waals surface area contributed by atoms with Gasteiger partial charge < -0.3 is 0 Å². The van der Waals surface area contributed by atoms with Crippen LogP contribution in [-0.2, 0) is 0 Å². The topological polar surface area (TPSA) is 15.6 Å². The van der Waals surface area contributed by atoms with Crippen LogP contribution in [0.25, 0.3) is 10.8 Å². The molecule has 0 aromatic heterocycles. The van der Waals surface area contributed by atoms with Gasteiger partial charge in [-0.15, -0.1) is 0 Å². The van der Waals surface area contributed by atoms with Gasteiger partial charge in [-0.3, -0.25) is 5.01 Å². The summed E-state index contributed by atoms with van der Waals surface area (Å²) < 4.78 is 0. The van der Waals surface area contributed by atoms with Crippen molar-refractivity contribution >= 4 is 22.7 Å². The fraction of sp³-hybridized carbons (Fsp3) is 0.105. The van der Waals surface area contributed by atoms with E-state index in [9.17, 15) is 0 Å². The van der Waals surface area contributed by atoms with Crippen LogP contribution in [0.5, 0.6) is 0 Å². The second kappa shape index (κ2) is 6.23.